The molecule has 1 aliphatic carbocycles. The summed E-state index contributed by atoms with van der Waals surface area (Å²) in [5.41, 5.74) is 1.63. The normalized spacial score (nSPS) is 15.5. The molecule has 0 spiro atoms. The lowest BCUT2D eigenvalue weighted by Crippen LogP contribution is -2.35. The first-order valence-electron chi connectivity index (χ1n) is 10.9. The Hall–Kier alpha value is -2.67. The highest BCUT2D eigenvalue weighted by Crippen LogP contribution is 2.18. The highest BCUT2D eigenvalue weighted by molar-refractivity contribution is 7.91. The van der Waals surface area contributed by atoms with Gasteiger partial charge in [0, 0.05) is 17.3 Å². The van der Waals surface area contributed by atoms with Gasteiger partial charge < -0.3 is 10.6 Å². The molecule has 0 radical (unpaired) electrons. The van der Waals surface area contributed by atoms with E-state index >= 15 is 0 Å². The molecule has 3 rings (SSSR count). The molecular formula is C24H30N2O4S. The summed E-state index contributed by atoms with van der Waals surface area (Å²) in [6.45, 7) is 0. The third kappa shape index (κ3) is 7.83. The smallest absolute Gasteiger partial charge is 0.251 e. The molecule has 1 aliphatic rings. The molecule has 2 aromatic rings. The summed E-state index contributed by atoms with van der Waals surface area (Å²) in [5.74, 6) is -1.53. The minimum Gasteiger partial charge on any atom is -0.349 e. The second-order valence-corrected chi connectivity index (χ2v) is 10.2. The zero-order chi connectivity index (χ0) is 22.1. The molecule has 1 fully saturated rings. The van der Waals surface area contributed by atoms with Crippen molar-refractivity contribution >= 4 is 27.3 Å². The second-order valence-electron chi connectivity index (χ2n) is 8.16. The maximum atomic E-state index is 12.5. The van der Waals surface area contributed by atoms with Crippen molar-refractivity contribution in [3.63, 3.8) is 0 Å². The number of para-hydroxylation sites is 1. The zero-order valence-corrected chi connectivity index (χ0v) is 18.5. The number of rotatable bonds is 7. The van der Waals surface area contributed by atoms with Crippen LogP contribution < -0.4 is 10.6 Å². The topological polar surface area (TPSA) is 92.3 Å². The van der Waals surface area contributed by atoms with Crippen molar-refractivity contribution in [3.05, 3.63) is 65.7 Å². The quantitative estimate of drug-likeness (QED) is 0.676. The molecule has 31 heavy (non-hydrogen) atoms. The number of nitrogens with one attached hydrogen (secondary N) is 2. The molecule has 1 saturated carbocycles. The van der Waals surface area contributed by atoms with E-state index in [4.69, 9.17) is 0 Å². The summed E-state index contributed by atoms with van der Waals surface area (Å²) < 4.78 is 24.8. The molecule has 0 unspecified atom stereocenters. The van der Waals surface area contributed by atoms with Crippen LogP contribution in [0.5, 0.6) is 0 Å². The first-order valence-corrected chi connectivity index (χ1v) is 12.7. The van der Waals surface area contributed by atoms with E-state index in [1.54, 1.807) is 48.5 Å². The molecular weight excluding hydrogens is 412 g/mol. The van der Waals surface area contributed by atoms with Crippen LogP contribution in [0.3, 0.4) is 0 Å². The summed E-state index contributed by atoms with van der Waals surface area (Å²) in [5, 5.41) is 5.69. The lowest BCUT2D eigenvalue weighted by Gasteiger charge is -2.21. The van der Waals surface area contributed by atoms with Gasteiger partial charge in [0.25, 0.3) is 5.91 Å². The lowest BCUT2D eigenvalue weighted by atomic mass is 9.96. The largest absolute Gasteiger partial charge is 0.349 e. The van der Waals surface area contributed by atoms with Crippen LogP contribution in [0.2, 0.25) is 0 Å². The molecule has 0 aromatic heterocycles. The fourth-order valence-electron chi connectivity index (χ4n) is 3.84. The number of amides is 2. The van der Waals surface area contributed by atoms with E-state index < -0.39 is 21.5 Å². The standard InChI is InChI=1S/C24H30N2O4S/c27-23(25-21-9-7-4-8-10-21)18-31(29,30)17-19-13-15-20(16-14-19)24(28)26-22-11-5-2-1-3-6-12-22/h4,7-10,13-16,22H,1-3,5-6,11-12,17-18H2,(H,25,27)(H,26,28). The van der Waals surface area contributed by atoms with Crippen LogP contribution in [-0.4, -0.2) is 32.0 Å². The summed E-state index contributed by atoms with van der Waals surface area (Å²) in [7, 11) is -3.63. The van der Waals surface area contributed by atoms with Gasteiger partial charge in [0.2, 0.25) is 5.91 Å². The van der Waals surface area contributed by atoms with E-state index in [1.165, 1.54) is 19.3 Å². The predicted molar refractivity (Wildman–Crippen MR) is 123 cm³/mol. The van der Waals surface area contributed by atoms with Crippen LogP contribution in [0.25, 0.3) is 0 Å². The van der Waals surface area contributed by atoms with Crippen molar-refractivity contribution in [2.45, 2.75) is 56.7 Å². The minimum absolute atomic E-state index is 0.123. The van der Waals surface area contributed by atoms with Gasteiger partial charge in [-0.25, -0.2) is 8.42 Å². The molecule has 166 valence electrons. The van der Waals surface area contributed by atoms with Crippen molar-refractivity contribution in [1.29, 1.82) is 0 Å². The van der Waals surface area contributed by atoms with E-state index in [-0.39, 0.29) is 17.7 Å². The van der Waals surface area contributed by atoms with Gasteiger partial charge >= 0.3 is 0 Å². The van der Waals surface area contributed by atoms with Crippen LogP contribution in [0.4, 0.5) is 5.69 Å². The van der Waals surface area contributed by atoms with Crippen LogP contribution in [0.1, 0.15) is 60.9 Å². The first kappa shape index (κ1) is 23.0. The molecule has 0 bridgehead atoms. The summed E-state index contributed by atoms with van der Waals surface area (Å²) >= 11 is 0. The molecule has 2 N–H and O–H groups in total. The average molecular weight is 443 g/mol. The van der Waals surface area contributed by atoms with Gasteiger partial charge in [-0.2, -0.15) is 0 Å². The Bertz CT molecular complexity index is 964. The Balaban J connectivity index is 1.52. The van der Waals surface area contributed by atoms with Gasteiger partial charge in [0.15, 0.2) is 9.84 Å². The number of sulfone groups is 1. The van der Waals surface area contributed by atoms with Crippen LogP contribution in [0, 0.1) is 0 Å². The number of hydrogen-bond donors (Lipinski definition) is 2. The maximum absolute atomic E-state index is 12.5. The lowest BCUT2D eigenvalue weighted by molar-refractivity contribution is -0.113. The number of benzene rings is 2. The van der Waals surface area contributed by atoms with Gasteiger partial charge in [-0.15, -0.1) is 0 Å². The van der Waals surface area contributed by atoms with Gasteiger partial charge in [-0.1, -0.05) is 62.4 Å². The Morgan fingerprint density at radius 3 is 2.10 bits per heavy atom. The Morgan fingerprint density at radius 2 is 1.45 bits per heavy atom. The first-order chi connectivity index (χ1) is 14.9. The average Bonchev–Trinajstić information content (AvgIpc) is 2.70. The number of carbonyl (C=O) groups excluding carboxylic acids is 2. The van der Waals surface area contributed by atoms with Crippen molar-refractivity contribution in [2.24, 2.45) is 0 Å². The molecule has 0 atom stereocenters. The molecule has 2 aromatic carbocycles. The Labute approximate surface area is 184 Å². The number of anilines is 1. The third-order valence-electron chi connectivity index (χ3n) is 5.45. The molecule has 6 nitrogen and oxygen atoms in total. The minimum atomic E-state index is -3.63. The maximum Gasteiger partial charge on any atom is 0.251 e. The van der Waals surface area contributed by atoms with Crippen LogP contribution in [-0.2, 0) is 20.4 Å². The van der Waals surface area contributed by atoms with Crippen LogP contribution in [0.15, 0.2) is 54.6 Å². The van der Waals surface area contributed by atoms with Crippen LogP contribution >= 0.6 is 0 Å². The predicted octanol–water partition coefficient (Wildman–Crippen LogP) is 4.08. The SMILES string of the molecule is O=C(CS(=O)(=O)Cc1ccc(C(=O)NC2CCCCCCC2)cc1)Nc1ccccc1. The van der Waals surface area contributed by atoms with Crippen molar-refractivity contribution in [3.8, 4) is 0 Å². The summed E-state index contributed by atoms with van der Waals surface area (Å²) in [4.78, 5) is 24.6. The highest BCUT2D eigenvalue weighted by atomic mass is 32.2. The highest BCUT2D eigenvalue weighted by Gasteiger charge is 2.19. The van der Waals surface area contributed by atoms with E-state index in [0.29, 0.717) is 16.8 Å². The fourth-order valence-corrected chi connectivity index (χ4v) is 5.12. The number of hydrogen-bond acceptors (Lipinski definition) is 4. The zero-order valence-electron chi connectivity index (χ0n) is 17.7. The van der Waals surface area contributed by atoms with E-state index in [9.17, 15) is 18.0 Å². The van der Waals surface area contributed by atoms with Gasteiger partial charge in [0.05, 0.1) is 5.75 Å². The van der Waals surface area contributed by atoms with Crippen molar-refractivity contribution in [1.82, 2.24) is 5.32 Å². The Morgan fingerprint density at radius 1 is 0.839 bits per heavy atom. The van der Waals surface area contributed by atoms with E-state index in [1.807, 2.05) is 6.07 Å². The van der Waals surface area contributed by atoms with E-state index in [2.05, 4.69) is 10.6 Å². The molecule has 0 heterocycles. The second kappa shape index (κ2) is 11.1. The van der Waals surface area contributed by atoms with E-state index in [0.717, 1.165) is 25.7 Å². The molecule has 2 amide bonds. The van der Waals surface area contributed by atoms with Crippen molar-refractivity contribution < 1.29 is 18.0 Å². The van der Waals surface area contributed by atoms with Crippen molar-refractivity contribution in [2.75, 3.05) is 11.1 Å². The summed E-state index contributed by atoms with van der Waals surface area (Å²) in [6, 6.07) is 15.5. The van der Waals surface area contributed by atoms with Gasteiger partial charge in [-0.3, -0.25) is 9.59 Å². The molecule has 0 aliphatic heterocycles. The molecule has 0 saturated heterocycles. The van der Waals surface area contributed by atoms with Gasteiger partial charge in [-0.05, 0) is 42.7 Å². The number of carbonyl (C=O) groups is 2. The molecule has 7 heteroatoms. The van der Waals surface area contributed by atoms with Gasteiger partial charge in [0.1, 0.15) is 5.75 Å². The summed E-state index contributed by atoms with van der Waals surface area (Å²) in [6.07, 6.45) is 8.01. The Kier molecular flexibility index (Phi) is 8.23. The fraction of sp³-hybridized carbons (Fsp3) is 0.417. The third-order valence-corrected chi connectivity index (χ3v) is 6.93. The monoisotopic (exact) mass is 442 g/mol.